The van der Waals surface area contributed by atoms with Gasteiger partial charge in [0.25, 0.3) is 0 Å². The predicted octanol–water partition coefficient (Wildman–Crippen LogP) is 3.43. The first-order chi connectivity index (χ1) is 12.4. The second-order valence-electron chi connectivity index (χ2n) is 6.98. The lowest BCUT2D eigenvalue weighted by Gasteiger charge is -2.13. The van der Waals surface area contributed by atoms with Crippen LogP contribution in [0.3, 0.4) is 0 Å². The lowest BCUT2D eigenvalue weighted by Crippen LogP contribution is -2.15. The van der Waals surface area contributed by atoms with Crippen LogP contribution in [0.4, 0.5) is 11.8 Å². The van der Waals surface area contributed by atoms with E-state index in [1.165, 1.54) is 12.0 Å². The molecule has 1 aliphatic carbocycles. The van der Waals surface area contributed by atoms with Gasteiger partial charge >= 0.3 is 0 Å². The highest BCUT2D eigenvalue weighted by atomic mass is 16.5. The largest absolute Gasteiger partial charge is 0.501 e. The Balaban J connectivity index is 2.24. The first-order valence-corrected chi connectivity index (χ1v) is 8.92. The van der Waals surface area contributed by atoms with Crippen molar-refractivity contribution in [3.05, 3.63) is 47.5 Å². The van der Waals surface area contributed by atoms with Crippen LogP contribution in [0.15, 0.2) is 41.8 Å². The quantitative estimate of drug-likeness (QED) is 0.521. The Hall–Kier alpha value is -2.34. The minimum absolute atomic E-state index is 0.514. The Labute approximate surface area is 157 Å². The van der Waals surface area contributed by atoms with Crippen LogP contribution in [-0.2, 0) is 4.74 Å². The van der Waals surface area contributed by atoms with Gasteiger partial charge in [0.15, 0.2) is 0 Å². The summed E-state index contributed by atoms with van der Waals surface area (Å²) >= 11 is 0. The number of hydrogen-bond acceptors (Lipinski definition) is 6. The SMILES string of the molecule is C=C/C(=C\C(=C(/C)OC)[C@H]1C[C@H]1CN(C)C)Nc1nc(C)cc(NC)n1. The van der Waals surface area contributed by atoms with Crippen molar-refractivity contribution in [2.24, 2.45) is 11.8 Å². The van der Waals surface area contributed by atoms with Gasteiger partial charge in [-0.15, -0.1) is 0 Å². The summed E-state index contributed by atoms with van der Waals surface area (Å²) in [5, 5.41) is 6.32. The normalized spacial score (nSPS) is 20.5. The summed E-state index contributed by atoms with van der Waals surface area (Å²) in [5.41, 5.74) is 2.97. The zero-order valence-electron chi connectivity index (χ0n) is 16.8. The molecule has 0 saturated heterocycles. The van der Waals surface area contributed by atoms with Gasteiger partial charge in [-0.2, -0.15) is 4.98 Å². The molecule has 6 heteroatoms. The second-order valence-corrected chi connectivity index (χ2v) is 6.98. The molecule has 1 aliphatic rings. The summed E-state index contributed by atoms with van der Waals surface area (Å²) in [6.07, 6.45) is 5.08. The third kappa shape index (κ3) is 5.33. The van der Waals surface area contributed by atoms with Crippen molar-refractivity contribution in [1.29, 1.82) is 0 Å². The van der Waals surface area contributed by atoms with Crippen LogP contribution >= 0.6 is 0 Å². The van der Waals surface area contributed by atoms with E-state index in [1.54, 1.807) is 13.2 Å². The number of nitrogens with zero attached hydrogens (tertiary/aromatic N) is 3. The van der Waals surface area contributed by atoms with E-state index in [9.17, 15) is 0 Å². The van der Waals surface area contributed by atoms with E-state index in [4.69, 9.17) is 4.74 Å². The average Bonchev–Trinajstić information content (AvgIpc) is 3.35. The molecule has 1 aromatic heterocycles. The Kier molecular flexibility index (Phi) is 6.80. The fourth-order valence-electron chi connectivity index (χ4n) is 3.08. The van der Waals surface area contributed by atoms with Crippen LogP contribution in [0.25, 0.3) is 0 Å². The first-order valence-electron chi connectivity index (χ1n) is 8.92. The molecule has 142 valence electrons. The molecule has 1 heterocycles. The van der Waals surface area contributed by atoms with E-state index in [0.717, 1.165) is 29.5 Å². The molecule has 2 atom stereocenters. The average molecular weight is 358 g/mol. The molecular formula is C20H31N5O. The topological polar surface area (TPSA) is 62.3 Å². The number of aryl methyl sites for hydroxylation is 1. The van der Waals surface area contributed by atoms with Crippen molar-refractivity contribution in [3.63, 3.8) is 0 Å². The molecule has 0 spiro atoms. The smallest absolute Gasteiger partial charge is 0.229 e. The van der Waals surface area contributed by atoms with E-state index in [1.807, 2.05) is 27.0 Å². The zero-order valence-corrected chi connectivity index (χ0v) is 16.8. The van der Waals surface area contributed by atoms with Gasteiger partial charge in [-0.25, -0.2) is 4.98 Å². The Bertz CT molecular complexity index is 708. The number of aromatic nitrogens is 2. The minimum Gasteiger partial charge on any atom is -0.501 e. The van der Waals surface area contributed by atoms with Crippen molar-refractivity contribution in [2.45, 2.75) is 20.3 Å². The van der Waals surface area contributed by atoms with Crippen molar-refractivity contribution in [2.75, 3.05) is 45.4 Å². The van der Waals surface area contributed by atoms with E-state index >= 15 is 0 Å². The van der Waals surface area contributed by atoms with Crippen molar-refractivity contribution in [1.82, 2.24) is 14.9 Å². The lowest BCUT2D eigenvalue weighted by atomic mass is 10.1. The maximum atomic E-state index is 5.54. The molecule has 26 heavy (non-hydrogen) atoms. The summed E-state index contributed by atoms with van der Waals surface area (Å²) in [7, 11) is 7.79. The molecule has 0 bridgehead atoms. The Morgan fingerprint density at radius 2 is 2.15 bits per heavy atom. The van der Waals surface area contributed by atoms with Crippen LogP contribution < -0.4 is 10.6 Å². The molecular weight excluding hydrogens is 326 g/mol. The molecule has 0 aromatic carbocycles. The highest BCUT2D eigenvalue weighted by molar-refractivity contribution is 5.48. The molecule has 1 saturated carbocycles. The van der Waals surface area contributed by atoms with Crippen molar-refractivity contribution >= 4 is 11.8 Å². The number of nitrogens with one attached hydrogen (secondary N) is 2. The van der Waals surface area contributed by atoms with Gasteiger partial charge in [0.2, 0.25) is 5.95 Å². The van der Waals surface area contributed by atoms with Crippen LogP contribution in [0.2, 0.25) is 0 Å². The number of allylic oxidation sites excluding steroid dienone is 4. The maximum Gasteiger partial charge on any atom is 0.229 e. The number of methoxy groups -OCH3 is 1. The standard InChI is InChI=1S/C20H31N5O/c1-8-16(23-20-22-13(2)9-19(21-4)24-20)11-17(14(3)26-7)18-10-15(18)12-25(5)6/h8-9,11,15,18H,1,10,12H2,2-7H3,(H2,21,22,23,24)/b16-11+,17-14-/t15-,18-/m0/s1. The van der Waals surface area contributed by atoms with Gasteiger partial charge in [0, 0.05) is 31.0 Å². The van der Waals surface area contributed by atoms with Crippen LogP contribution in [0.1, 0.15) is 19.0 Å². The van der Waals surface area contributed by atoms with Crippen molar-refractivity contribution < 1.29 is 4.74 Å². The van der Waals surface area contributed by atoms with Gasteiger partial charge in [-0.1, -0.05) is 6.58 Å². The molecule has 6 nitrogen and oxygen atoms in total. The Morgan fingerprint density at radius 1 is 1.42 bits per heavy atom. The van der Waals surface area contributed by atoms with E-state index in [-0.39, 0.29) is 0 Å². The predicted molar refractivity (Wildman–Crippen MR) is 108 cm³/mol. The summed E-state index contributed by atoms with van der Waals surface area (Å²) in [5.74, 6) is 3.45. The van der Waals surface area contributed by atoms with Gasteiger partial charge in [0.05, 0.1) is 12.9 Å². The number of anilines is 2. The molecule has 0 amide bonds. The van der Waals surface area contributed by atoms with Crippen LogP contribution in [0.5, 0.6) is 0 Å². The van der Waals surface area contributed by atoms with Gasteiger partial charge in [-0.05, 0) is 63.9 Å². The monoisotopic (exact) mass is 357 g/mol. The van der Waals surface area contributed by atoms with E-state index in [2.05, 4.69) is 52.3 Å². The maximum absolute atomic E-state index is 5.54. The summed E-state index contributed by atoms with van der Waals surface area (Å²) in [6, 6.07) is 1.90. The second kappa shape index (κ2) is 8.85. The molecule has 1 fully saturated rings. The third-order valence-corrected chi connectivity index (χ3v) is 4.53. The highest BCUT2D eigenvalue weighted by Gasteiger charge is 2.40. The van der Waals surface area contributed by atoms with E-state index in [0.29, 0.717) is 17.8 Å². The zero-order chi connectivity index (χ0) is 19.3. The van der Waals surface area contributed by atoms with E-state index < -0.39 is 0 Å². The third-order valence-electron chi connectivity index (χ3n) is 4.53. The molecule has 1 aromatic rings. The van der Waals surface area contributed by atoms with Crippen LogP contribution in [0, 0.1) is 18.8 Å². The van der Waals surface area contributed by atoms with Gasteiger partial charge in [0.1, 0.15) is 5.82 Å². The molecule has 0 radical (unpaired) electrons. The van der Waals surface area contributed by atoms with Crippen molar-refractivity contribution in [3.8, 4) is 0 Å². The number of hydrogen-bond donors (Lipinski definition) is 2. The number of rotatable bonds is 9. The Morgan fingerprint density at radius 3 is 2.73 bits per heavy atom. The fourth-order valence-corrected chi connectivity index (χ4v) is 3.08. The molecule has 2 rings (SSSR count). The molecule has 2 N–H and O–H groups in total. The van der Waals surface area contributed by atoms with Crippen LogP contribution in [-0.4, -0.2) is 49.7 Å². The van der Waals surface area contributed by atoms with Gasteiger partial charge < -0.3 is 20.3 Å². The highest BCUT2D eigenvalue weighted by Crippen LogP contribution is 2.46. The molecule has 0 aliphatic heterocycles. The minimum atomic E-state index is 0.514. The fraction of sp³-hybridized carbons (Fsp3) is 0.500. The first kappa shape index (κ1) is 20.0. The summed E-state index contributed by atoms with van der Waals surface area (Å²) < 4.78 is 5.54. The summed E-state index contributed by atoms with van der Waals surface area (Å²) in [4.78, 5) is 11.1. The lowest BCUT2D eigenvalue weighted by molar-refractivity contribution is 0.287. The summed E-state index contributed by atoms with van der Waals surface area (Å²) in [6.45, 7) is 8.98. The number of ether oxygens (including phenoxy) is 1. The van der Waals surface area contributed by atoms with Gasteiger partial charge in [-0.3, -0.25) is 0 Å². The molecule has 0 unspecified atom stereocenters.